The highest BCUT2D eigenvalue weighted by Crippen LogP contribution is 1.99. The Morgan fingerprint density at radius 2 is 1.76 bits per heavy atom. The summed E-state index contributed by atoms with van der Waals surface area (Å²) in [5.41, 5.74) is 5.22. The van der Waals surface area contributed by atoms with Crippen LogP contribution in [0.25, 0.3) is 0 Å². The van der Waals surface area contributed by atoms with Gasteiger partial charge in [-0.1, -0.05) is 6.92 Å². The maximum Gasteiger partial charge on any atom is 0.245 e. The van der Waals surface area contributed by atoms with E-state index in [4.69, 9.17) is 15.2 Å². The molecule has 146 valence electrons. The molecule has 0 aromatic carbocycles. The van der Waals surface area contributed by atoms with Gasteiger partial charge in [-0.25, -0.2) is 0 Å². The van der Waals surface area contributed by atoms with E-state index in [1.807, 2.05) is 6.92 Å². The van der Waals surface area contributed by atoms with Gasteiger partial charge >= 0.3 is 0 Å². The van der Waals surface area contributed by atoms with E-state index >= 15 is 0 Å². The molecule has 0 saturated heterocycles. The van der Waals surface area contributed by atoms with E-state index in [1.54, 1.807) is 7.05 Å². The minimum atomic E-state index is -0.362. The number of primary amides is 1. The Labute approximate surface area is 150 Å². The second-order valence-corrected chi connectivity index (χ2v) is 5.75. The van der Waals surface area contributed by atoms with Gasteiger partial charge in [0.1, 0.15) is 12.4 Å². The van der Waals surface area contributed by atoms with Crippen LogP contribution in [0.2, 0.25) is 0 Å². The quantitative estimate of drug-likeness (QED) is 0.318. The number of amides is 2. The molecule has 4 N–H and O–H groups in total. The fraction of sp³-hybridized carbons (Fsp3) is 0.824. The van der Waals surface area contributed by atoms with Crippen molar-refractivity contribution in [3.63, 3.8) is 0 Å². The van der Waals surface area contributed by atoms with Crippen LogP contribution < -0.4 is 16.4 Å². The first kappa shape index (κ1) is 23.5. The van der Waals surface area contributed by atoms with Crippen molar-refractivity contribution in [1.29, 1.82) is 0 Å². The Morgan fingerprint density at radius 1 is 1.04 bits per heavy atom. The van der Waals surface area contributed by atoms with E-state index in [-0.39, 0.29) is 30.2 Å². The molecule has 1 atom stereocenters. The molecule has 25 heavy (non-hydrogen) atoms. The number of unbranched alkanes of at least 4 members (excludes halogenated alkanes) is 1. The number of ether oxygens (including phenoxy) is 2. The van der Waals surface area contributed by atoms with Crippen molar-refractivity contribution in [3.05, 3.63) is 0 Å². The average Bonchev–Trinajstić information content (AvgIpc) is 2.59. The highest BCUT2D eigenvalue weighted by molar-refractivity contribution is 5.79. The fourth-order valence-electron chi connectivity index (χ4n) is 2.11. The summed E-state index contributed by atoms with van der Waals surface area (Å²) in [7, 11) is 1.70. The molecule has 0 spiro atoms. The van der Waals surface area contributed by atoms with Crippen molar-refractivity contribution in [2.24, 2.45) is 5.73 Å². The van der Waals surface area contributed by atoms with E-state index < -0.39 is 0 Å². The van der Waals surface area contributed by atoms with Crippen LogP contribution in [-0.2, 0) is 23.9 Å². The SMILES string of the molecule is CCC(=O)CCCOCCOCC(=O)NCCCCC(NC)C(N)=O. The number of Topliss-reactive ketones (excluding diaryl/α,β-unsaturated/α-hetero) is 1. The van der Waals surface area contributed by atoms with Crippen molar-refractivity contribution in [2.45, 2.75) is 51.5 Å². The molecule has 8 heteroatoms. The highest BCUT2D eigenvalue weighted by atomic mass is 16.5. The van der Waals surface area contributed by atoms with Crippen molar-refractivity contribution in [1.82, 2.24) is 10.6 Å². The third kappa shape index (κ3) is 14.5. The van der Waals surface area contributed by atoms with Gasteiger partial charge in [-0.05, 0) is 32.7 Å². The van der Waals surface area contributed by atoms with Gasteiger partial charge in [-0.3, -0.25) is 14.4 Å². The van der Waals surface area contributed by atoms with Gasteiger partial charge in [0.25, 0.3) is 0 Å². The number of ketones is 1. The number of hydrogen-bond donors (Lipinski definition) is 3. The van der Waals surface area contributed by atoms with E-state index in [2.05, 4.69) is 10.6 Å². The third-order valence-electron chi connectivity index (χ3n) is 3.68. The molecule has 0 aliphatic carbocycles. The van der Waals surface area contributed by atoms with E-state index in [0.29, 0.717) is 45.6 Å². The number of likely N-dealkylation sites (N-methyl/N-ethyl adjacent to an activating group) is 1. The van der Waals surface area contributed by atoms with Crippen LogP contribution in [0.15, 0.2) is 0 Å². The topological polar surface area (TPSA) is 120 Å². The fourth-order valence-corrected chi connectivity index (χ4v) is 2.11. The highest BCUT2D eigenvalue weighted by Gasteiger charge is 2.11. The number of rotatable bonds is 17. The zero-order valence-corrected chi connectivity index (χ0v) is 15.5. The van der Waals surface area contributed by atoms with Crippen LogP contribution in [0, 0.1) is 0 Å². The molecule has 0 aromatic heterocycles. The molecular formula is C17H33N3O5. The summed E-state index contributed by atoms with van der Waals surface area (Å²) in [6, 6.07) is -0.320. The number of carbonyl (C=O) groups is 3. The van der Waals surface area contributed by atoms with Crippen LogP contribution >= 0.6 is 0 Å². The maximum atomic E-state index is 11.5. The Bertz CT molecular complexity index is 390. The minimum Gasteiger partial charge on any atom is -0.379 e. The lowest BCUT2D eigenvalue weighted by molar-refractivity contribution is -0.126. The number of nitrogens with one attached hydrogen (secondary N) is 2. The minimum absolute atomic E-state index is 0.00188. The normalized spacial score (nSPS) is 11.9. The summed E-state index contributed by atoms with van der Waals surface area (Å²) in [6.07, 6.45) is 4.06. The predicted octanol–water partition coefficient (Wildman–Crippen LogP) is 0.139. The summed E-state index contributed by atoms with van der Waals surface area (Å²) in [5, 5.41) is 5.61. The Balaban J connectivity index is 3.39. The van der Waals surface area contributed by atoms with E-state index in [0.717, 1.165) is 19.3 Å². The zero-order chi connectivity index (χ0) is 18.9. The van der Waals surface area contributed by atoms with Crippen molar-refractivity contribution in [2.75, 3.05) is 40.0 Å². The Kier molecular flexibility index (Phi) is 15.0. The Morgan fingerprint density at radius 3 is 2.40 bits per heavy atom. The Hall–Kier alpha value is -1.51. The van der Waals surface area contributed by atoms with Crippen molar-refractivity contribution < 1.29 is 23.9 Å². The van der Waals surface area contributed by atoms with Crippen LogP contribution in [0.4, 0.5) is 0 Å². The van der Waals surface area contributed by atoms with Crippen molar-refractivity contribution in [3.8, 4) is 0 Å². The lowest BCUT2D eigenvalue weighted by atomic mass is 10.1. The molecule has 0 bridgehead atoms. The molecule has 2 amide bonds. The summed E-state index contributed by atoms with van der Waals surface area (Å²) in [6.45, 7) is 3.67. The van der Waals surface area contributed by atoms with Gasteiger partial charge in [-0.15, -0.1) is 0 Å². The standard InChI is InChI=1S/C17H33N3O5/c1-3-14(21)7-6-10-24-11-12-25-13-16(22)20-9-5-4-8-15(19-2)17(18)23/h15,19H,3-13H2,1-2H3,(H2,18,23)(H,20,22). The molecule has 0 fully saturated rings. The van der Waals surface area contributed by atoms with Crippen LogP contribution in [0.3, 0.4) is 0 Å². The molecule has 0 aliphatic rings. The summed E-state index contributed by atoms with van der Waals surface area (Å²) in [4.78, 5) is 33.7. The van der Waals surface area contributed by atoms with Crippen LogP contribution in [0.1, 0.15) is 45.4 Å². The third-order valence-corrected chi connectivity index (χ3v) is 3.68. The van der Waals surface area contributed by atoms with E-state index in [1.165, 1.54) is 0 Å². The number of hydrogen-bond acceptors (Lipinski definition) is 6. The van der Waals surface area contributed by atoms with E-state index in [9.17, 15) is 14.4 Å². The number of nitrogens with two attached hydrogens (primary N) is 1. The van der Waals surface area contributed by atoms with Gasteiger partial charge < -0.3 is 25.8 Å². The lowest BCUT2D eigenvalue weighted by Gasteiger charge is -2.11. The van der Waals surface area contributed by atoms with Crippen molar-refractivity contribution >= 4 is 17.6 Å². The largest absolute Gasteiger partial charge is 0.379 e. The lowest BCUT2D eigenvalue weighted by Crippen LogP contribution is -2.39. The average molecular weight is 359 g/mol. The van der Waals surface area contributed by atoms with Gasteiger partial charge in [0.05, 0.1) is 19.3 Å². The molecule has 0 aliphatic heterocycles. The summed E-state index contributed by atoms with van der Waals surface area (Å²) >= 11 is 0. The first-order chi connectivity index (χ1) is 12.0. The summed E-state index contributed by atoms with van der Waals surface area (Å²) < 4.78 is 10.5. The molecule has 0 rings (SSSR count). The van der Waals surface area contributed by atoms with Gasteiger partial charge in [0.15, 0.2) is 0 Å². The predicted molar refractivity (Wildman–Crippen MR) is 95.1 cm³/mol. The molecule has 0 heterocycles. The smallest absolute Gasteiger partial charge is 0.245 e. The second-order valence-electron chi connectivity index (χ2n) is 5.75. The summed E-state index contributed by atoms with van der Waals surface area (Å²) in [5.74, 6) is -0.291. The molecular weight excluding hydrogens is 326 g/mol. The maximum absolute atomic E-state index is 11.5. The molecule has 1 unspecified atom stereocenters. The van der Waals surface area contributed by atoms with Gasteiger partial charge in [0.2, 0.25) is 11.8 Å². The monoisotopic (exact) mass is 359 g/mol. The second kappa shape index (κ2) is 16.0. The van der Waals surface area contributed by atoms with Gasteiger partial charge in [0, 0.05) is 26.0 Å². The first-order valence-electron chi connectivity index (χ1n) is 8.91. The zero-order valence-electron chi connectivity index (χ0n) is 15.5. The molecule has 0 radical (unpaired) electrons. The van der Waals surface area contributed by atoms with Crippen LogP contribution in [0.5, 0.6) is 0 Å². The van der Waals surface area contributed by atoms with Crippen LogP contribution in [-0.4, -0.2) is 63.7 Å². The first-order valence-corrected chi connectivity index (χ1v) is 8.91. The number of carbonyl (C=O) groups excluding carboxylic acids is 3. The van der Waals surface area contributed by atoms with Gasteiger partial charge in [-0.2, -0.15) is 0 Å². The molecule has 8 nitrogen and oxygen atoms in total. The molecule has 0 aromatic rings. The molecule has 0 saturated carbocycles.